The third-order valence-electron chi connectivity index (χ3n) is 4.48. The first-order valence-corrected chi connectivity index (χ1v) is 9.01. The summed E-state index contributed by atoms with van der Waals surface area (Å²) in [5.74, 6) is 0.777. The molecule has 6 nitrogen and oxygen atoms in total. The number of aryl methyl sites for hydroxylation is 1. The number of amides is 1. The minimum atomic E-state index is -4.73. The molecule has 0 bridgehead atoms. The van der Waals surface area contributed by atoms with Gasteiger partial charge in [0, 0.05) is 11.8 Å². The molecule has 9 heteroatoms. The first kappa shape index (κ1) is 19.7. The summed E-state index contributed by atoms with van der Waals surface area (Å²) in [6.45, 7) is 2.36. The number of nitrogens with zero attached hydrogens (tertiary/aromatic N) is 3. The fourth-order valence-electron chi connectivity index (χ4n) is 3.17. The van der Waals surface area contributed by atoms with Crippen LogP contribution in [0.2, 0.25) is 0 Å². The van der Waals surface area contributed by atoms with Gasteiger partial charge in [-0.3, -0.25) is 4.90 Å². The minimum Gasteiger partial charge on any atom is -0.410 e. The van der Waals surface area contributed by atoms with Crippen LogP contribution in [0.15, 0.2) is 54.7 Å². The van der Waals surface area contributed by atoms with E-state index in [-0.39, 0.29) is 12.3 Å². The van der Waals surface area contributed by atoms with E-state index < -0.39 is 12.5 Å². The number of aromatic nitrogens is 2. The average molecular weight is 415 g/mol. The lowest BCUT2D eigenvalue weighted by Gasteiger charge is -2.28. The van der Waals surface area contributed by atoms with Crippen LogP contribution in [0.25, 0.3) is 11.1 Å². The van der Waals surface area contributed by atoms with Gasteiger partial charge in [-0.1, -0.05) is 18.2 Å². The van der Waals surface area contributed by atoms with Crippen LogP contribution in [0, 0.1) is 6.92 Å². The number of benzene rings is 2. The van der Waals surface area contributed by atoms with Crippen molar-refractivity contribution in [2.45, 2.75) is 26.4 Å². The van der Waals surface area contributed by atoms with Gasteiger partial charge < -0.3 is 9.47 Å². The zero-order valence-electron chi connectivity index (χ0n) is 15.8. The Kier molecular flexibility index (Phi) is 5.03. The molecule has 0 saturated carbocycles. The standard InChI is InChI=1S/C21H16F3N3O3/c1-13-25-9-8-17(26-13)12-27-11-16-10-15(4-7-19(16)29-20(27)28)14-2-5-18(6-3-14)30-21(22,23)24/h2-10H,11-12H2,1H3. The Morgan fingerprint density at radius 1 is 1.10 bits per heavy atom. The van der Waals surface area contributed by atoms with E-state index in [0.717, 1.165) is 11.1 Å². The third-order valence-corrected chi connectivity index (χ3v) is 4.48. The molecule has 1 aliphatic heterocycles. The van der Waals surface area contributed by atoms with Gasteiger partial charge in [-0.25, -0.2) is 14.8 Å². The summed E-state index contributed by atoms with van der Waals surface area (Å²) >= 11 is 0. The number of rotatable bonds is 4. The highest BCUT2D eigenvalue weighted by Crippen LogP contribution is 2.32. The van der Waals surface area contributed by atoms with Crippen molar-refractivity contribution in [1.82, 2.24) is 14.9 Å². The number of alkyl halides is 3. The molecule has 1 aliphatic rings. The van der Waals surface area contributed by atoms with Gasteiger partial charge in [-0.05, 0) is 48.4 Å². The second kappa shape index (κ2) is 7.66. The lowest BCUT2D eigenvalue weighted by molar-refractivity contribution is -0.274. The Hall–Kier alpha value is -3.62. The van der Waals surface area contributed by atoms with Crippen molar-refractivity contribution in [2.75, 3.05) is 0 Å². The molecule has 0 unspecified atom stereocenters. The van der Waals surface area contributed by atoms with Gasteiger partial charge in [0.2, 0.25) is 0 Å². The Bertz CT molecular complexity index is 1080. The summed E-state index contributed by atoms with van der Waals surface area (Å²) in [5.41, 5.74) is 2.97. The lowest BCUT2D eigenvalue weighted by Crippen LogP contribution is -2.36. The number of ether oxygens (including phenoxy) is 2. The molecular weight excluding hydrogens is 399 g/mol. The van der Waals surface area contributed by atoms with E-state index in [1.165, 1.54) is 17.0 Å². The summed E-state index contributed by atoms with van der Waals surface area (Å²) in [4.78, 5) is 22.2. The first-order chi connectivity index (χ1) is 14.3. The number of hydrogen-bond acceptors (Lipinski definition) is 5. The Morgan fingerprint density at radius 2 is 1.83 bits per heavy atom. The highest BCUT2D eigenvalue weighted by molar-refractivity contribution is 5.75. The second-order valence-electron chi connectivity index (χ2n) is 6.71. The van der Waals surface area contributed by atoms with E-state index in [1.807, 2.05) is 6.07 Å². The number of halogens is 3. The third kappa shape index (κ3) is 4.51. The maximum absolute atomic E-state index is 12.3. The molecule has 0 N–H and O–H groups in total. The molecule has 0 aliphatic carbocycles. The smallest absolute Gasteiger partial charge is 0.410 e. The fraction of sp³-hybridized carbons (Fsp3) is 0.190. The number of hydrogen-bond donors (Lipinski definition) is 0. The minimum absolute atomic E-state index is 0.273. The monoisotopic (exact) mass is 415 g/mol. The fourth-order valence-corrected chi connectivity index (χ4v) is 3.17. The van der Waals surface area contributed by atoms with Crippen LogP contribution in [-0.4, -0.2) is 27.3 Å². The van der Waals surface area contributed by atoms with E-state index in [9.17, 15) is 18.0 Å². The second-order valence-corrected chi connectivity index (χ2v) is 6.71. The Labute approximate surface area is 169 Å². The van der Waals surface area contributed by atoms with E-state index >= 15 is 0 Å². The molecule has 1 aromatic heterocycles. The molecule has 1 amide bonds. The van der Waals surface area contributed by atoms with Gasteiger partial charge in [0.25, 0.3) is 0 Å². The molecule has 4 rings (SSSR count). The zero-order valence-corrected chi connectivity index (χ0v) is 15.8. The molecule has 2 aromatic carbocycles. The van der Waals surface area contributed by atoms with Crippen LogP contribution >= 0.6 is 0 Å². The van der Waals surface area contributed by atoms with Gasteiger partial charge >= 0.3 is 12.5 Å². The van der Waals surface area contributed by atoms with Crippen molar-refractivity contribution in [3.63, 3.8) is 0 Å². The van der Waals surface area contributed by atoms with Crippen LogP contribution in [0.4, 0.5) is 18.0 Å². The van der Waals surface area contributed by atoms with Crippen molar-refractivity contribution in [1.29, 1.82) is 0 Å². The predicted molar refractivity (Wildman–Crippen MR) is 101 cm³/mol. The highest BCUT2D eigenvalue weighted by atomic mass is 19.4. The number of carbonyl (C=O) groups is 1. The first-order valence-electron chi connectivity index (χ1n) is 9.01. The molecule has 0 saturated heterocycles. The summed E-state index contributed by atoms with van der Waals surface area (Å²) in [5, 5.41) is 0. The van der Waals surface area contributed by atoms with Crippen molar-refractivity contribution in [2.24, 2.45) is 0 Å². The predicted octanol–water partition coefficient (Wildman–Crippen LogP) is 4.87. The van der Waals surface area contributed by atoms with Gasteiger partial charge in [0.15, 0.2) is 0 Å². The number of fused-ring (bicyclic) bond motifs is 1. The molecule has 0 fully saturated rings. The van der Waals surface area contributed by atoms with Crippen molar-refractivity contribution in [3.05, 3.63) is 71.8 Å². The molecule has 0 spiro atoms. The van der Waals surface area contributed by atoms with E-state index in [2.05, 4.69) is 14.7 Å². The molecule has 0 radical (unpaired) electrons. The van der Waals surface area contributed by atoms with E-state index in [4.69, 9.17) is 4.74 Å². The SMILES string of the molecule is Cc1nccc(CN2Cc3cc(-c4ccc(OC(F)(F)F)cc4)ccc3OC2=O)n1. The molecule has 154 valence electrons. The maximum Gasteiger partial charge on any atom is 0.573 e. The van der Waals surface area contributed by atoms with Crippen molar-refractivity contribution in [3.8, 4) is 22.6 Å². The maximum atomic E-state index is 12.3. The van der Waals surface area contributed by atoms with Crippen LogP contribution in [0.3, 0.4) is 0 Å². The quantitative estimate of drug-likeness (QED) is 0.609. The largest absolute Gasteiger partial charge is 0.573 e. The normalized spacial score (nSPS) is 13.6. The van der Waals surface area contributed by atoms with Gasteiger partial charge in [0.05, 0.1) is 18.8 Å². The molecule has 30 heavy (non-hydrogen) atoms. The average Bonchev–Trinajstić information content (AvgIpc) is 2.68. The van der Waals surface area contributed by atoms with Crippen LogP contribution in [-0.2, 0) is 13.1 Å². The zero-order chi connectivity index (χ0) is 21.3. The summed E-state index contributed by atoms with van der Waals surface area (Å²) < 4.78 is 46.3. The lowest BCUT2D eigenvalue weighted by atomic mass is 10.0. The topological polar surface area (TPSA) is 64.6 Å². The van der Waals surface area contributed by atoms with Gasteiger partial charge in [0.1, 0.15) is 17.3 Å². The summed E-state index contributed by atoms with van der Waals surface area (Å²) in [6, 6.07) is 12.6. The van der Waals surface area contributed by atoms with E-state index in [1.54, 1.807) is 43.5 Å². The Balaban J connectivity index is 1.54. The van der Waals surface area contributed by atoms with Gasteiger partial charge in [-0.2, -0.15) is 0 Å². The molecule has 3 aromatic rings. The number of carbonyl (C=O) groups excluding carboxylic acids is 1. The highest BCUT2D eigenvalue weighted by Gasteiger charge is 2.31. The molecule has 2 heterocycles. The van der Waals surface area contributed by atoms with E-state index in [0.29, 0.717) is 29.4 Å². The van der Waals surface area contributed by atoms with Crippen LogP contribution in [0.5, 0.6) is 11.5 Å². The molecule has 0 atom stereocenters. The summed E-state index contributed by atoms with van der Waals surface area (Å²) in [7, 11) is 0. The van der Waals surface area contributed by atoms with Crippen LogP contribution in [0.1, 0.15) is 17.1 Å². The Morgan fingerprint density at radius 3 is 2.53 bits per heavy atom. The van der Waals surface area contributed by atoms with Crippen molar-refractivity contribution < 1.29 is 27.4 Å². The van der Waals surface area contributed by atoms with Gasteiger partial charge in [-0.15, -0.1) is 13.2 Å². The molecular formula is C21H16F3N3O3. The summed E-state index contributed by atoms with van der Waals surface area (Å²) in [6.07, 6.45) is -3.58. The van der Waals surface area contributed by atoms with Crippen molar-refractivity contribution >= 4 is 6.09 Å². The van der Waals surface area contributed by atoms with Crippen LogP contribution < -0.4 is 9.47 Å².